The molecule has 2 aromatic rings. The summed E-state index contributed by atoms with van der Waals surface area (Å²) in [6.07, 6.45) is 0.599. The van der Waals surface area contributed by atoms with Crippen LogP contribution < -0.4 is 15.0 Å². The lowest BCUT2D eigenvalue weighted by Gasteiger charge is -2.20. The molecule has 1 heterocycles. The molecule has 30 heavy (non-hydrogen) atoms. The summed E-state index contributed by atoms with van der Waals surface area (Å²) in [6.45, 7) is 8.71. The highest BCUT2D eigenvalue weighted by molar-refractivity contribution is 6.38. The van der Waals surface area contributed by atoms with Gasteiger partial charge in [0.2, 0.25) is 5.91 Å². The van der Waals surface area contributed by atoms with Crippen LogP contribution in [0.5, 0.6) is 5.75 Å². The number of hydrogen-bond acceptors (Lipinski definition) is 3. The Balaban J connectivity index is 1.66. The van der Waals surface area contributed by atoms with Crippen LogP contribution in [0.25, 0.3) is 0 Å². The summed E-state index contributed by atoms with van der Waals surface area (Å²) in [4.78, 5) is 26.1. The summed E-state index contributed by atoms with van der Waals surface area (Å²) in [5.41, 5.74) is 2.43. The van der Waals surface area contributed by atoms with E-state index in [0.717, 1.165) is 5.75 Å². The van der Waals surface area contributed by atoms with E-state index in [1.807, 2.05) is 12.1 Å². The number of nitrogens with zero attached hydrogens (tertiary/aromatic N) is 1. The molecule has 1 aliphatic rings. The molecule has 0 aromatic heterocycles. The minimum Gasteiger partial charge on any atom is -0.494 e. The zero-order chi connectivity index (χ0) is 22.1. The summed E-state index contributed by atoms with van der Waals surface area (Å²) in [5, 5.41) is 3.50. The number of halogens is 2. The van der Waals surface area contributed by atoms with Gasteiger partial charge in [0.1, 0.15) is 11.8 Å². The van der Waals surface area contributed by atoms with Gasteiger partial charge in [-0.15, -0.1) is 0 Å². The zero-order valence-electron chi connectivity index (χ0n) is 17.6. The molecule has 1 aliphatic heterocycles. The molecule has 1 N–H and O–H groups in total. The van der Waals surface area contributed by atoms with Crippen LogP contribution in [-0.4, -0.2) is 25.0 Å². The van der Waals surface area contributed by atoms with E-state index in [2.05, 4.69) is 38.2 Å². The number of fused-ring (bicyclic) bond motifs is 1. The summed E-state index contributed by atoms with van der Waals surface area (Å²) >= 11 is 12.7. The average Bonchev–Trinajstić information content (AvgIpc) is 2.94. The van der Waals surface area contributed by atoms with Gasteiger partial charge in [0.05, 0.1) is 17.3 Å². The quantitative estimate of drug-likeness (QED) is 0.611. The minimum atomic E-state index is -0.824. The topological polar surface area (TPSA) is 58.6 Å². The Morgan fingerprint density at radius 2 is 1.73 bits per heavy atom. The lowest BCUT2D eigenvalue weighted by Crippen LogP contribution is -2.37. The highest BCUT2D eigenvalue weighted by atomic mass is 35.5. The molecule has 7 heteroatoms. The molecule has 160 valence electrons. The van der Waals surface area contributed by atoms with E-state index in [1.165, 1.54) is 12.5 Å². The van der Waals surface area contributed by atoms with Crippen molar-refractivity contribution in [2.24, 2.45) is 0 Å². The van der Waals surface area contributed by atoms with Crippen LogP contribution in [0.15, 0.2) is 36.4 Å². The molecule has 5 nitrogen and oxygen atoms in total. The first kappa shape index (κ1) is 22.4. The number of carbonyl (C=O) groups excluding carboxylic acids is 2. The fourth-order valence-electron chi connectivity index (χ4n) is 3.52. The van der Waals surface area contributed by atoms with Crippen molar-refractivity contribution < 1.29 is 14.3 Å². The van der Waals surface area contributed by atoms with Crippen LogP contribution in [-0.2, 0) is 15.0 Å². The number of carbonyl (C=O) groups is 2. The van der Waals surface area contributed by atoms with Gasteiger partial charge < -0.3 is 15.0 Å². The largest absolute Gasteiger partial charge is 0.494 e. The molecule has 0 radical (unpaired) electrons. The number of hydrogen-bond donors (Lipinski definition) is 1. The number of ether oxygens (including phenoxy) is 1. The smallest absolute Gasteiger partial charge is 0.254 e. The monoisotopic (exact) mass is 448 g/mol. The van der Waals surface area contributed by atoms with Crippen LogP contribution in [0.1, 0.15) is 51.3 Å². The minimum absolute atomic E-state index is 0.0903. The van der Waals surface area contributed by atoms with Gasteiger partial charge in [-0.3, -0.25) is 9.59 Å². The fraction of sp³-hybridized carbons (Fsp3) is 0.391. The van der Waals surface area contributed by atoms with Gasteiger partial charge in [0.15, 0.2) is 0 Å². The number of anilines is 1. The van der Waals surface area contributed by atoms with Crippen molar-refractivity contribution in [1.82, 2.24) is 5.32 Å². The van der Waals surface area contributed by atoms with Crippen molar-refractivity contribution in [2.75, 3.05) is 18.1 Å². The van der Waals surface area contributed by atoms with Crippen LogP contribution in [0.2, 0.25) is 10.0 Å². The van der Waals surface area contributed by atoms with Crippen LogP contribution in [0.4, 0.5) is 5.69 Å². The van der Waals surface area contributed by atoms with Crippen molar-refractivity contribution in [2.45, 2.75) is 45.6 Å². The zero-order valence-corrected chi connectivity index (χ0v) is 19.1. The Bertz CT molecular complexity index is 952. The molecular formula is C23H26Cl2N2O3. The Morgan fingerprint density at radius 1 is 1.10 bits per heavy atom. The van der Waals surface area contributed by atoms with Gasteiger partial charge in [-0.05, 0) is 41.7 Å². The SMILES string of the molecule is CC(=O)NC1C(=O)N(CCCOc2ccc(C(C)(C)C)cc2)c2c(Cl)ccc(Cl)c21. The van der Waals surface area contributed by atoms with Gasteiger partial charge in [0.25, 0.3) is 5.91 Å². The van der Waals surface area contributed by atoms with E-state index in [-0.39, 0.29) is 17.2 Å². The molecule has 0 saturated carbocycles. The second-order valence-electron chi connectivity index (χ2n) is 8.39. The molecule has 0 fully saturated rings. The second kappa shape index (κ2) is 8.86. The summed E-state index contributed by atoms with van der Waals surface area (Å²) in [7, 11) is 0. The Kier molecular flexibility index (Phi) is 6.63. The first-order chi connectivity index (χ1) is 14.1. The second-order valence-corrected chi connectivity index (χ2v) is 9.21. The van der Waals surface area contributed by atoms with Gasteiger partial charge in [0, 0.05) is 24.1 Å². The molecular weight excluding hydrogens is 423 g/mol. The number of rotatable bonds is 6. The summed E-state index contributed by atoms with van der Waals surface area (Å²) in [6, 6.07) is 10.5. The van der Waals surface area contributed by atoms with Crippen molar-refractivity contribution in [3.8, 4) is 5.75 Å². The third-order valence-electron chi connectivity index (χ3n) is 5.05. The van der Waals surface area contributed by atoms with Crippen molar-refractivity contribution >= 4 is 40.7 Å². The third-order valence-corrected chi connectivity index (χ3v) is 5.68. The lowest BCUT2D eigenvalue weighted by molar-refractivity contribution is -0.126. The van der Waals surface area contributed by atoms with E-state index >= 15 is 0 Å². The molecule has 1 atom stereocenters. The molecule has 0 saturated heterocycles. The van der Waals surface area contributed by atoms with Crippen molar-refractivity contribution in [1.29, 1.82) is 0 Å². The molecule has 2 aromatic carbocycles. The maximum atomic E-state index is 13.0. The first-order valence-electron chi connectivity index (χ1n) is 9.89. The van der Waals surface area contributed by atoms with Gasteiger partial charge in [-0.25, -0.2) is 0 Å². The highest BCUT2D eigenvalue weighted by Gasteiger charge is 2.40. The molecule has 0 bridgehead atoms. The predicted octanol–water partition coefficient (Wildman–Crippen LogP) is 5.28. The Labute approximate surface area is 187 Å². The maximum absolute atomic E-state index is 13.0. The van der Waals surface area contributed by atoms with E-state index in [1.54, 1.807) is 17.0 Å². The predicted molar refractivity (Wildman–Crippen MR) is 121 cm³/mol. The van der Waals surface area contributed by atoms with E-state index < -0.39 is 6.04 Å². The average molecular weight is 449 g/mol. The van der Waals surface area contributed by atoms with Gasteiger partial charge >= 0.3 is 0 Å². The fourth-order valence-corrected chi connectivity index (χ4v) is 4.05. The van der Waals surface area contributed by atoms with Gasteiger partial charge in [-0.1, -0.05) is 56.1 Å². The first-order valence-corrected chi connectivity index (χ1v) is 10.6. The Hall–Kier alpha value is -2.24. The summed E-state index contributed by atoms with van der Waals surface area (Å²) in [5.74, 6) is 0.234. The van der Waals surface area contributed by atoms with Crippen molar-refractivity contribution in [3.05, 3.63) is 57.6 Å². The molecule has 1 unspecified atom stereocenters. The van der Waals surface area contributed by atoms with E-state index in [9.17, 15) is 9.59 Å². The lowest BCUT2D eigenvalue weighted by atomic mass is 9.87. The maximum Gasteiger partial charge on any atom is 0.254 e. The molecule has 2 amide bonds. The van der Waals surface area contributed by atoms with E-state index in [0.29, 0.717) is 40.9 Å². The van der Waals surface area contributed by atoms with Crippen LogP contribution >= 0.6 is 23.2 Å². The van der Waals surface area contributed by atoms with Crippen molar-refractivity contribution in [3.63, 3.8) is 0 Å². The molecule has 0 aliphatic carbocycles. The standard InChI is InChI=1S/C23H26Cl2N2O3/c1-14(28)26-20-19-17(24)10-11-18(25)21(19)27(22(20)29)12-5-13-30-16-8-6-15(7-9-16)23(2,3)4/h6-11,20H,5,12-13H2,1-4H3,(H,26,28). The van der Waals surface area contributed by atoms with Crippen LogP contribution in [0.3, 0.4) is 0 Å². The summed E-state index contributed by atoms with van der Waals surface area (Å²) < 4.78 is 5.84. The molecule has 3 rings (SSSR count). The highest BCUT2D eigenvalue weighted by Crippen LogP contribution is 2.44. The van der Waals surface area contributed by atoms with Crippen LogP contribution in [0, 0.1) is 0 Å². The van der Waals surface area contributed by atoms with Gasteiger partial charge in [-0.2, -0.15) is 0 Å². The molecule has 0 spiro atoms. The third kappa shape index (κ3) is 4.73. The normalized spacial score (nSPS) is 15.9. The Morgan fingerprint density at radius 3 is 2.33 bits per heavy atom. The number of amides is 2. The number of nitrogens with one attached hydrogen (secondary N) is 1. The van der Waals surface area contributed by atoms with E-state index in [4.69, 9.17) is 27.9 Å². The number of benzene rings is 2.